The van der Waals surface area contributed by atoms with Gasteiger partial charge >= 0.3 is 0 Å². The Bertz CT molecular complexity index is 359. The number of fused-ring (bicyclic) bond motifs is 4. The van der Waals surface area contributed by atoms with Gasteiger partial charge in [0.15, 0.2) is 0 Å². The third-order valence-electron chi connectivity index (χ3n) is 8.49. The Balaban J connectivity index is 1.55. The second-order valence-electron chi connectivity index (χ2n) is 9.07. The summed E-state index contributed by atoms with van der Waals surface area (Å²) in [5.41, 5.74) is 0.707. The van der Waals surface area contributed by atoms with Crippen molar-refractivity contribution in [1.29, 1.82) is 0 Å². The summed E-state index contributed by atoms with van der Waals surface area (Å²) in [5.74, 6) is 7.44. The van der Waals surface area contributed by atoms with Crippen molar-refractivity contribution in [1.82, 2.24) is 0 Å². The minimum atomic E-state index is 0.707. The maximum Gasteiger partial charge on any atom is -0.0266 e. The molecule has 8 atom stereocenters. The molecule has 4 rings (SSSR count). The van der Waals surface area contributed by atoms with Crippen molar-refractivity contribution in [3.63, 3.8) is 0 Å². The molecule has 0 aromatic heterocycles. The highest BCUT2D eigenvalue weighted by Gasteiger charge is 2.54. The van der Waals surface area contributed by atoms with E-state index in [0.29, 0.717) is 5.41 Å². The van der Waals surface area contributed by atoms with Crippen molar-refractivity contribution in [2.75, 3.05) is 0 Å². The molecular formula is C19H32. The highest BCUT2D eigenvalue weighted by atomic mass is 14.6. The van der Waals surface area contributed by atoms with Gasteiger partial charge < -0.3 is 0 Å². The van der Waals surface area contributed by atoms with E-state index in [0.717, 1.165) is 41.4 Å². The van der Waals surface area contributed by atoms with Crippen molar-refractivity contribution in [2.24, 2.45) is 46.8 Å². The predicted molar refractivity (Wildman–Crippen MR) is 80.8 cm³/mol. The Morgan fingerprint density at radius 3 is 2.42 bits per heavy atom. The van der Waals surface area contributed by atoms with Crippen molar-refractivity contribution >= 4 is 0 Å². The van der Waals surface area contributed by atoms with E-state index >= 15 is 0 Å². The molecule has 4 bridgehead atoms. The lowest BCUT2D eigenvalue weighted by molar-refractivity contribution is 0.00908. The van der Waals surface area contributed by atoms with Crippen molar-refractivity contribution in [3.8, 4) is 0 Å². The Kier molecular flexibility index (Phi) is 2.84. The minimum Gasteiger partial charge on any atom is -0.0620 e. The van der Waals surface area contributed by atoms with E-state index < -0.39 is 0 Å². The average molecular weight is 260 g/mol. The molecule has 0 amide bonds. The van der Waals surface area contributed by atoms with Gasteiger partial charge in [0.05, 0.1) is 0 Å². The van der Waals surface area contributed by atoms with Crippen LogP contribution in [0.5, 0.6) is 0 Å². The quantitative estimate of drug-likeness (QED) is 0.613. The van der Waals surface area contributed by atoms with E-state index in [-0.39, 0.29) is 0 Å². The zero-order chi connectivity index (χ0) is 13.2. The third kappa shape index (κ3) is 1.77. The summed E-state index contributed by atoms with van der Waals surface area (Å²) >= 11 is 0. The van der Waals surface area contributed by atoms with E-state index in [4.69, 9.17) is 0 Å². The summed E-state index contributed by atoms with van der Waals surface area (Å²) in [7, 11) is 0. The highest BCUT2D eigenvalue weighted by Crippen LogP contribution is 2.63. The van der Waals surface area contributed by atoms with Crippen LogP contribution in [0.15, 0.2) is 0 Å². The van der Waals surface area contributed by atoms with Gasteiger partial charge in [-0.3, -0.25) is 0 Å². The lowest BCUT2D eigenvalue weighted by Gasteiger charge is -2.48. The van der Waals surface area contributed by atoms with E-state index in [1.165, 1.54) is 0 Å². The molecule has 4 saturated carbocycles. The highest BCUT2D eigenvalue weighted by molar-refractivity contribution is 5.03. The molecule has 0 nitrogen and oxygen atoms in total. The van der Waals surface area contributed by atoms with E-state index in [1.54, 1.807) is 51.4 Å². The summed E-state index contributed by atoms with van der Waals surface area (Å²) in [4.78, 5) is 0. The summed E-state index contributed by atoms with van der Waals surface area (Å²) in [6.45, 7) is 7.92. The van der Waals surface area contributed by atoms with Gasteiger partial charge in [-0.25, -0.2) is 0 Å². The molecule has 19 heavy (non-hydrogen) atoms. The first-order valence-corrected chi connectivity index (χ1v) is 9.08. The molecule has 0 radical (unpaired) electrons. The Labute approximate surface area is 119 Å². The molecule has 0 aromatic carbocycles. The summed E-state index contributed by atoms with van der Waals surface area (Å²) in [5, 5.41) is 0. The standard InChI is InChI=1S/C19H32/c1-12-16-6-4-14(8-16)10-18(12)13(2)19(3)11-15-5-7-17(19)9-15/h12-18H,4-11H2,1-3H3. The van der Waals surface area contributed by atoms with Crippen LogP contribution in [0, 0.1) is 46.8 Å². The summed E-state index contributed by atoms with van der Waals surface area (Å²) < 4.78 is 0. The second-order valence-corrected chi connectivity index (χ2v) is 9.07. The number of hydrogen-bond acceptors (Lipinski definition) is 0. The van der Waals surface area contributed by atoms with Gasteiger partial charge in [-0.2, -0.15) is 0 Å². The fourth-order valence-corrected chi connectivity index (χ4v) is 7.11. The van der Waals surface area contributed by atoms with Crippen LogP contribution in [0.2, 0.25) is 0 Å². The largest absolute Gasteiger partial charge is 0.0620 e. The first-order chi connectivity index (χ1) is 9.08. The molecule has 4 fully saturated rings. The minimum absolute atomic E-state index is 0.707. The van der Waals surface area contributed by atoms with Crippen LogP contribution < -0.4 is 0 Å². The lowest BCUT2D eigenvalue weighted by atomic mass is 9.57. The van der Waals surface area contributed by atoms with Gasteiger partial charge in [0.1, 0.15) is 0 Å². The van der Waals surface area contributed by atoms with Gasteiger partial charge in [0.25, 0.3) is 0 Å². The van der Waals surface area contributed by atoms with Crippen LogP contribution in [0.3, 0.4) is 0 Å². The fraction of sp³-hybridized carbons (Fsp3) is 1.00. The molecule has 0 saturated heterocycles. The lowest BCUT2D eigenvalue weighted by Crippen LogP contribution is -2.41. The Morgan fingerprint density at radius 1 is 0.947 bits per heavy atom. The maximum atomic E-state index is 2.67. The van der Waals surface area contributed by atoms with Crippen LogP contribution >= 0.6 is 0 Å². The van der Waals surface area contributed by atoms with Crippen molar-refractivity contribution in [2.45, 2.75) is 72.1 Å². The predicted octanol–water partition coefficient (Wildman–Crippen LogP) is 5.52. The summed E-state index contributed by atoms with van der Waals surface area (Å²) in [6.07, 6.45) is 12.5. The van der Waals surface area contributed by atoms with Crippen LogP contribution in [0.1, 0.15) is 72.1 Å². The topological polar surface area (TPSA) is 0 Å². The Morgan fingerprint density at radius 2 is 1.74 bits per heavy atom. The monoisotopic (exact) mass is 260 g/mol. The molecule has 0 spiro atoms. The van der Waals surface area contributed by atoms with E-state index in [1.807, 2.05) is 0 Å². The molecule has 0 N–H and O–H groups in total. The average Bonchev–Trinajstić information content (AvgIpc) is 3.07. The van der Waals surface area contributed by atoms with Crippen LogP contribution in [-0.4, -0.2) is 0 Å². The first kappa shape index (κ1) is 12.7. The molecule has 4 aliphatic carbocycles. The van der Waals surface area contributed by atoms with Gasteiger partial charge in [0.2, 0.25) is 0 Å². The smallest absolute Gasteiger partial charge is 0.0266 e. The van der Waals surface area contributed by atoms with Crippen LogP contribution in [-0.2, 0) is 0 Å². The van der Waals surface area contributed by atoms with Crippen molar-refractivity contribution in [3.05, 3.63) is 0 Å². The normalized spacial score (nSPS) is 57.6. The fourth-order valence-electron chi connectivity index (χ4n) is 7.11. The Hall–Kier alpha value is 0. The summed E-state index contributed by atoms with van der Waals surface area (Å²) in [6, 6.07) is 0. The molecule has 0 aromatic rings. The first-order valence-electron chi connectivity index (χ1n) is 9.08. The van der Waals surface area contributed by atoms with Crippen LogP contribution in [0.25, 0.3) is 0 Å². The maximum absolute atomic E-state index is 2.67. The van der Waals surface area contributed by atoms with Gasteiger partial charge in [-0.15, -0.1) is 0 Å². The van der Waals surface area contributed by atoms with Gasteiger partial charge in [-0.05, 0) is 85.4 Å². The second kappa shape index (κ2) is 4.25. The molecule has 4 aliphatic rings. The molecule has 0 heterocycles. The molecule has 0 heteroatoms. The zero-order valence-electron chi connectivity index (χ0n) is 13.2. The zero-order valence-corrected chi connectivity index (χ0v) is 13.2. The number of hydrogen-bond donors (Lipinski definition) is 0. The number of rotatable bonds is 2. The molecule has 0 aliphatic heterocycles. The van der Waals surface area contributed by atoms with Crippen LogP contribution in [0.4, 0.5) is 0 Å². The van der Waals surface area contributed by atoms with E-state index in [9.17, 15) is 0 Å². The molecule has 8 unspecified atom stereocenters. The molecule has 108 valence electrons. The van der Waals surface area contributed by atoms with Gasteiger partial charge in [-0.1, -0.05) is 33.6 Å². The van der Waals surface area contributed by atoms with E-state index in [2.05, 4.69) is 20.8 Å². The van der Waals surface area contributed by atoms with Gasteiger partial charge in [0, 0.05) is 0 Å². The van der Waals surface area contributed by atoms with Crippen molar-refractivity contribution < 1.29 is 0 Å². The molecular weight excluding hydrogens is 228 g/mol. The SMILES string of the molecule is CC1C2CCC(C2)CC1C(C)C1(C)CC2CCC1C2. The third-order valence-corrected chi connectivity index (χ3v) is 8.49.